The summed E-state index contributed by atoms with van der Waals surface area (Å²) in [6.45, 7) is 6.05. The zero-order valence-corrected chi connectivity index (χ0v) is 16.1. The molecule has 0 spiro atoms. The molecule has 0 aliphatic carbocycles. The summed E-state index contributed by atoms with van der Waals surface area (Å²) in [7, 11) is 1.90. The maximum absolute atomic E-state index is 13.3. The summed E-state index contributed by atoms with van der Waals surface area (Å²) in [5.41, 5.74) is 2.44. The zero-order chi connectivity index (χ0) is 18.8. The topological polar surface area (TPSA) is 79.3 Å². The molecule has 4 heterocycles. The second-order valence-corrected chi connectivity index (χ2v) is 7.57. The van der Waals surface area contributed by atoms with Crippen LogP contribution in [0.3, 0.4) is 0 Å². The Hall–Kier alpha value is -2.19. The van der Waals surface area contributed by atoms with Crippen LogP contribution in [0.2, 0.25) is 0 Å². The molecule has 2 aromatic heterocycles. The summed E-state index contributed by atoms with van der Waals surface area (Å²) in [6, 6.07) is -0.142. The Balaban J connectivity index is 1.62. The van der Waals surface area contributed by atoms with Gasteiger partial charge >= 0.3 is 0 Å². The van der Waals surface area contributed by atoms with Crippen molar-refractivity contribution in [1.82, 2.24) is 29.8 Å². The number of aromatic nitrogens is 4. The zero-order valence-electron chi connectivity index (χ0n) is 16.1. The molecule has 0 unspecified atom stereocenters. The molecule has 2 aliphatic rings. The molecule has 2 atom stereocenters. The van der Waals surface area contributed by atoms with E-state index in [9.17, 15) is 4.79 Å². The number of amides is 1. The first-order valence-corrected chi connectivity index (χ1v) is 9.77. The van der Waals surface area contributed by atoms with Crippen LogP contribution in [0.4, 0.5) is 0 Å². The third kappa shape index (κ3) is 3.77. The smallest absolute Gasteiger partial charge is 0.257 e. The Morgan fingerprint density at radius 1 is 1.26 bits per heavy atom. The van der Waals surface area contributed by atoms with E-state index in [1.165, 1.54) is 19.3 Å². The number of carbonyl (C=O) groups is 1. The van der Waals surface area contributed by atoms with Crippen LogP contribution < -0.4 is 0 Å². The van der Waals surface area contributed by atoms with Crippen LogP contribution in [0.25, 0.3) is 0 Å². The van der Waals surface area contributed by atoms with Crippen molar-refractivity contribution < 1.29 is 9.53 Å². The Labute approximate surface area is 159 Å². The molecule has 4 rings (SSSR count). The number of H-pyrrole nitrogens is 1. The molecule has 0 aromatic carbocycles. The number of piperidine rings is 1. The van der Waals surface area contributed by atoms with E-state index in [4.69, 9.17) is 4.74 Å². The predicted molar refractivity (Wildman–Crippen MR) is 100 cm³/mol. The van der Waals surface area contributed by atoms with Crippen molar-refractivity contribution in [3.8, 4) is 0 Å². The number of hydrogen-bond acceptors (Lipinski definition) is 5. The second kappa shape index (κ2) is 7.82. The van der Waals surface area contributed by atoms with Gasteiger partial charge in [0.05, 0.1) is 36.7 Å². The van der Waals surface area contributed by atoms with Crippen molar-refractivity contribution in [3.63, 3.8) is 0 Å². The molecule has 2 aliphatic heterocycles. The van der Waals surface area contributed by atoms with E-state index in [0.29, 0.717) is 18.7 Å². The van der Waals surface area contributed by atoms with E-state index in [2.05, 4.69) is 20.2 Å². The highest BCUT2D eigenvalue weighted by molar-refractivity contribution is 5.95. The number of aryl methyl sites for hydroxylation is 2. The summed E-state index contributed by atoms with van der Waals surface area (Å²) in [6.07, 6.45) is 9.18. The Morgan fingerprint density at radius 3 is 2.74 bits per heavy atom. The van der Waals surface area contributed by atoms with E-state index in [1.807, 2.05) is 31.3 Å². The van der Waals surface area contributed by atoms with Crippen LogP contribution in [-0.2, 0) is 11.8 Å². The van der Waals surface area contributed by atoms with Crippen molar-refractivity contribution in [1.29, 1.82) is 0 Å². The van der Waals surface area contributed by atoms with Gasteiger partial charge in [-0.15, -0.1) is 0 Å². The van der Waals surface area contributed by atoms with Gasteiger partial charge in [-0.1, -0.05) is 6.42 Å². The fourth-order valence-corrected chi connectivity index (χ4v) is 4.22. The first-order valence-electron chi connectivity index (χ1n) is 9.77. The number of likely N-dealkylation sites (tertiary alicyclic amines) is 1. The standard InChI is InChI=1S/C19H28N6O2/c1-14-16(11-20-22-14)19(26)25-8-9-27-17(13-24-6-4-3-5-7-24)18(25)15-10-21-23(2)12-15/h10-12,17-18H,3-9,13H2,1-2H3,(H,20,22)/t17-,18-/m0/s1. The number of aromatic amines is 1. The number of nitrogens with zero attached hydrogens (tertiary/aromatic N) is 5. The molecule has 27 heavy (non-hydrogen) atoms. The molecule has 2 saturated heterocycles. The molecule has 0 radical (unpaired) electrons. The van der Waals surface area contributed by atoms with E-state index < -0.39 is 0 Å². The molecule has 0 bridgehead atoms. The molecule has 0 saturated carbocycles. The number of hydrogen-bond donors (Lipinski definition) is 1. The Kier molecular flexibility index (Phi) is 5.27. The van der Waals surface area contributed by atoms with Gasteiger partial charge in [0, 0.05) is 37.6 Å². The quantitative estimate of drug-likeness (QED) is 0.880. The van der Waals surface area contributed by atoms with Gasteiger partial charge < -0.3 is 14.5 Å². The number of rotatable bonds is 4. The normalized spacial score (nSPS) is 24.3. The van der Waals surface area contributed by atoms with Crippen LogP contribution in [0.15, 0.2) is 18.6 Å². The molecule has 8 heteroatoms. The van der Waals surface area contributed by atoms with Gasteiger partial charge in [-0.2, -0.15) is 10.2 Å². The number of carbonyl (C=O) groups excluding carboxylic acids is 1. The SMILES string of the molecule is Cc1[nH]ncc1C(=O)N1CCO[C@@H](CN2CCCCC2)[C@@H]1c1cnn(C)c1. The van der Waals surface area contributed by atoms with E-state index >= 15 is 0 Å². The molecular weight excluding hydrogens is 344 g/mol. The third-order valence-electron chi connectivity index (χ3n) is 5.63. The highest BCUT2D eigenvalue weighted by atomic mass is 16.5. The van der Waals surface area contributed by atoms with Crippen molar-refractivity contribution in [3.05, 3.63) is 35.4 Å². The summed E-state index contributed by atoms with van der Waals surface area (Å²) in [4.78, 5) is 17.7. The van der Waals surface area contributed by atoms with E-state index in [0.717, 1.165) is 30.9 Å². The van der Waals surface area contributed by atoms with Crippen LogP contribution in [0.5, 0.6) is 0 Å². The number of ether oxygens (including phenoxy) is 1. The maximum atomic E-state index is 13.3. The van der Waals surface area contributed by atoms with Gasteiger partial charge in [0.25, 0.3) is 5.91 Å². The minimum Gasteiger partial charge on any atom is -0.373 e. The summed E-state index contributed by atoms with van der Waals surface area (Å²) >= 11 is 0. The van der Waals surface area contributed by atoms with Crippen molar-refractivity contribution >= 4 is 5.91 Å². The highest BCUT2D eigenvalue weighted by Gasteiger charge is 2.39. The summed E-state index contributed by atoms with van der Waals surface area (Å²) in [5, 5.41) is 11.2. The second-order valence-electron chi connectivity index (χ2n) is 7.57. The van der Waals surface area contributed by atoms with E-state index in [1.54, 1.807) is 10.9 Å². The number of nitrogens with one attached hydrogen (secondary N) is 1. The molecule has 2 aromatic rings. The van der Waals surface area contributed by atoms with Crippen LogP contribution >= 0.6 is 0 Å². The van der Waals surface area contributed by atoms with Crippen molar-refractivity contribution in [2.45, 2.75) is 38.3 Å². The van der Waals surface area contributed by atoms with Crippen molar-refractivity contribution in [2.24, 2.45) is 7.05 Å². The molecular formula is C19H28N6O2. The third-order valence-corrected chi connectivity index (χ3v) is 5.63. The minimum atomic E-state index is -0.142. The Bertz CT molecular complexity index is 779. The van der Waals surface area contributed by atoms with E-state index in [-0.39, 0.29) is 18.1 Å². The average Bonchev–Trinajstić information content (AvgIpc) is 3.30. The van der Waals surface area contributed by atoms with Gasteiger partial charge in [-0.3, -0.25) is 14.6 Å². The lowest BCUT2D eigenvalue weighted by Crippen LogP contribution is -2.52. The Morgan fingerprint density at radius 2 is 2.07 bits per heavy atom. The fourth-order valence-electron chi connectivity index (χ4n) is 4.22. The lowest BCUT2D eigenvalue weighted by Gasteiger charge is -2.43. The van der Waals surface area contributed by atoms with Crippen LogP contribution in [0.1, 0.15) is 46.9 Å². The van der Waals surface area contributed by atoms with Gasteiger partial charge in [-0.25, -0.2) is 0 Å². The molecule has 1 N–H and O–H groups in total. The lowest BCUT2D eigenvalue weighted by atomic mass is 9.98. The monoisotopic (exact) mass is 372 g/mol. The summed E-state index contributed by atoms with van der Waals surface area (Å²) in [5.74, 6) is 0.00190. The van der Waals surface area contributed by atoms with Gasteiger partial charge in [0.1, 0.15) is 0 Å². The summed E-state index contributed by atoms with van der Waals surface area (Å²) < 4.78 is 7.97. The van der Waals surface area contributed by atoms with Crippen molar-refractivity contribution in [2.75, 3.05) is 32.8 Å². The molecule has 8 nitrogen and oxygen atoms in total. The van der Waals surface area contributed by atoms with Gasteiger partial charge in [-0.05, 0) is 32.9 Å². The molecule has 2 fully saturated rings. The van der Waals surface area contributed by atoms with Gasteiger partial charge in [0.2, 0.25) is 0 Å². The van der Waals surface area contributed by atoms with Crippen LogP contribution in [0, 0.1) is 6.92 Å². The highest BCUT2D eigenvalue weighted by Crippen LogP contribution is 2.32. The predicted octanol–water partition coefficient (Wildman–Crippen LogP) is 1.52. The minimum absolute atomic E-state index is 0.00190. The largest absolute Gasteiger partial charge is 0.373 e. The molecule has 146 valence electrons. The fraction of sp³-hybridized carbons (Fsp3) is 0.632. The average molecular weight is 372 g/mol. The maximum Gasteiger partial charge on any atom is 0.257 e. The first kappa shape index (κ1) is 18.2. The first-order chi connectivity index (χ1) is 13.1. The molecule has 1 amide bonds. The number of morpholine rings is 1. The van der Waals surface area contributed by atoms with Gasteiger partial charge in [0.15, 0.2) is 0 Å². The van der Waals surface area contributed by atoms with Crippen LogP contribution in [-0.4, -0.2) is 74.6 Å². The lowest BCUT2D eigenvalue weighted by molar-refractivity contribution is -0.0741.